The van der Waals surface area contributed by atoms with Gasteiger partial charge >= 0.3 is 12.1 Å². The van der Waals surface area contributed by atoms with Gasteiger partial charge in [0.05, 0.1) is 0 Å². The highest BCUT2D eigenvalue weighted by Crippen LogP contribution is 2.27. The maximum atomic E-state index is 12.5. The van der Waals surface area contributed by atoms with Gasteiger partial charge in [-0.3, -0.25) is 19.1 Å². The highest BCUT2D eigenvalue weighted by Gasteiger charge is 2.33. The second-order valence-electron chi connectivity index (χ2n) is 6.43. The Kier molecular flexibility index (Phi) is 5.85. The molecule has 0 saturated heterocycles. The van der Waals surface area contributed by atoms with E-state index in [9.17, 15) is 27.6 Å². The molecule has 1 saturated carbocycles. The van der Waals surface area contributed by atoms with Crippen molar-refractivity contribution < 1.29 is 32.3 Å². The van der Waals surface area contributed by atoms with E-state index in [4.69, 9.17) is 4.74 Å². The summed E-state index contributed by atoms with van der Waals surface area (Å²) in [6.45, 7) is -1.20. The number of nitrogens with one attached hydrogen (secondary N) is 2. The number of anilines is 1. The summed E-state index contributed by atoms with van der Waals surface area (Å²) in [5.74, 6) is -1.82. The number of esters is 1. The van der Waals surface area contributed by atoms with E-state index < -0.39 is 36.9 Å². The fraction of sp³-hybridized carbons (Fsp3) is 0.333. The summed E-state index contributed by atoms with van der Waals surface area (Å²) in [6, 6.07) is 7.18. The van der Waals surface area contributed by atoms with Crippen molar-refractivity contribution >= 4 is 23.5 Å². The number of nitrogens with zero attached hydrogens (tertiary/aromatic N) is 2. The number of benzene rings is 1. The van der Waals surface area contributed by atoms with Crippen LogP contribution in [-0.2, 0) is 27.0 Å². The quantitative estimate of drug-likeness (QED) is 0.680. The molecule has 2 aromatic rings. The van der Waals surface area contributed by atoms with E-state index in [1.807, 2.05) is 0 Å². The number of aromatic nitrogens is 2. The summed E-state index contributed by atoms with van der Waals surface area (Å²) >= 11 is 0. The van der Waals surface area contributed by atoms with Gasteiger partial charge in [-0.05, 0) is 37.1 Å². The second kappa shape index (κ2) is 8.33. The fourth-order valence-electron chi connectivity index (χ4n) is 2.36. The predicted octanol–water partition coefficient (Wildman–Crippen LogP) is 1.98. The van der Waals surface area contributed by atoms with Crippen LogP contribution in [0.2, 0.25) is 0 Å². The first-order valence-corrected chi connectivity index (χ1v) is 8.68. The van der Waals surface area contributed by atoms with Gasteiger partial charge in [-0.15, -0.1) is 0 Å². The van der Waals surface area contributed by atoms with Crippen LogP contribution >= 0.6 is 0 Å². The van der Waals surface area contributed by atoms with Gasteiger partial charge in [0.2, 0.25) is 0 Å². The average molecular weight is 410 g/mol. The molecule has 0 radical (unpaired) electrons. The zero-order chi connectivity index (χ0) is 21.0. The molecule has 8 nitrogen and oxygen atoms in total. The molecule has 0 bridgehead atoms. The van der Waals surface area contributed by atoms with Crippen molar-refractivity contribution in [2.75, 3.05) is 11.9 Å². The number of carbonyl (C=O) groups is 3. The second-order valence-corrected chi connectivity index (χ2v) is 6.43. The Balaban J connectivity index is 1.46. The van der Waals surface area contributed by atoms with Crippen molar-refractivity contribution in [1.29, 1.82) is 0 Å². The van der Waals surface area contributed by atoms with Crippen molar-refractivity contribution in [3.8, 4) is 0 Å². The highest BCUT2D eigenvalue weighted by molar-refractivity contribution is 5.98. The molecule has 0 aliphatic heterocycles. The Morgan fingerprint density at radius 2 is 1.97 bits per heavy atom. The van der Waals surface area contributed by atoms with E-state index in [-0.39, 0.29) is 11.9 Å². The first-order chi connectivity index (χ1) is 13.7. The lowest BCUT2D eigenvalue weighted by Gasteiger charge is -2.09. The zero-order valence-electron chi connectivity index (χ0n) is 15.0. The SMILES string of the molecule is O=C(COC(=O)Cn1ccc(C(F)(F)F)n1)Nc1cccc(C(=O)NC2CC2)c1. The van der Waals surface area contributed by atoms with E-state index in [1.54, 1.807) is 18.2 Å². The minimum absolute atomic E-state index is 0.196. The van der Waals surface area contributed by atoms with Crippen molar-refractivity contribution in [2.24, 2.45) is 0 Å². The van der Waals surface area contributed by atoms with Gasteiger partial charge in [-0.1, -0.05) is 6.07 Å². The van der Waals surface area contributed by atoms with Gasteiger partial charge in [-0.2, -0.15) is 18.3 Å². The third kappa shape index (κ3) is 6.06. The summed E-state index contributed by atoms with van der Waals surface area (Å²) < 4.78 is 42.9. The molecular weight excluding hydrogens is 393 g/mol. The van der Waals surface area contributed by atoms with Gasteiger partial charge in [0, 0.05) is 23.5 Å². The standard InChI is InChI=1S/C18H17F3N4O4/c19-18(20,21)14-6-7-25(24-14)9-16(27)29-10-15(26)22-13-3-1-2-11(8-13)17(28)23-12-4-5-12/h1-3,6-8,12H,4-5,9-10H2,(H,22,26)(H,23,28). The Bertz CT molecular complexity index is 922. The number of ether oxygens (including phenoxy) is 1. The molecule has 0 spiro atoms. The third-order valence-corrected chi connectivity index (χ3v) is 3.91. The minimum Gasteiger partial charge on any atom is -0.454 e. The molecule has 11 heteroatoms. The first kappa shape index (κ1) is 20.4. The van der Waals surface area contributed by atoms with Crippen LogP contribution in [0, 0.1) is 0 Å². The molecule has 1 aliphatic rings. The number of rotatable bonds is 7. The summed E-state index contributed by atoms with van der Waals surface area (Å²) in [5.41, 5.74) is -0.407. The van der Waals surface area contributed by atoms with Gasteiger partial charge in [0.1, 0.15) is 6.54 Å². The molecule has 1 aromatic heterocycles. The molecular formula is C18H17F3N4O4. The molecule has 1 aromatic carbocycles. The van der Waals surface area contributed by atoms with E-state index in [2.05, 4.69) is 15.7 Å². The van der Waals surface area contributed by atoms with E-state index >= 15 is 0 Å². The van der Waals surface area contributed by atoms with Crippen molar-refractivity contribution in [1.82, 2.24) is 15.1 Å². The number of amides is 2. The van der Waals surface area contributed by atoms with Crippen LogP contribution in [0.3, 0.4) is 0 Å². The van der Waals surface area contributed by atoms with Crippen LogP contribution < -0.4 is 10.6 Å². The van der Waals surface area contributed by atoms with Crippen LogP contribution in [0.5, 0.6) is 0 Å². The zero-order valence-corrected chi connectivity index (χ0v) is 15.0. The summed E-state index contributed by atoms with van der Waals surface area (Å²) in [7, 11) is 0. The average Bonchev–Trinajstić information content (AvgIpc) is 3.33. The number of alkyl halides is 3. The minimum atomic E-state index is -4.61. The fourth-order valence-corrected chi connectivity index (χ4v) is 2.36. The third-order valence-electron chi connectivity index (χ3n) is 3.91. The van der Waals surface area contributed by atoms with E-state index in [1.165, 1.54) is 6.07 Å². The van der Waals surface area contributed by atoms with Crippen LogP contribution in [0.15, 0.2) is 36.5 Å². The Labute approximate surface area is 163 Å². The van der Waals surface area contributed by atoms with Gasteiger partial charge < -0.3 is 15.4 Å². The molecule has 1 aliphatic carbocycles. The first-order valence-electron chi connectivity index (χ1n) is 8.68. The number of halogens is 3. The predicted molar refractivity (Wildman–Crippen MR) is 93.7 cm³/mol. The topological polar surface area (TPSA) is 102 Å². The van der Waals surface area contributed by atoms with Gasteiger partial charge in [0.15, 0.2) is 12.3 Å². The molecule has 2 N–H and O–H groups in total. The molecule has 154 valence electrons. The Morgan fingerprint density at radius 1 is 1.21 bits per heavy atom. The molecule has 0 atom stereocenters. The number of hydrogen-bond donors (Lipinski definition) is 2. The molecule has 29 heavy (non-hydrogen) atoms. The molecule has 3 rings (SSSR count). The van der Waals surface area contributed by atoms with Crippen molar-refractivity contribution in [3.63, 3.8) is 0 Å². The van der Waals surface area contributed by atoms with E-state index in [0.717, 1.165) is 29.8 Å². The lowest BCUT2D eigenvalue weighted by atomic mass is 10.2. The smallest absolute Gasteiger partial charge is 0.435 e. The summed E-state index contributed by atoms with van der Waals surface area (Å²) in [4.78, 5) is 35.6. The van der Waals surface area contributed by atoms with Crippen molar-refractivity contribution in [2.45, 2.75) is 31.6 Å². The lowest BCUT2D eigenvalue weighted by Crippen LogP contribution is -2.26. The maximum absolute atomic E-state index is 12.5. The maximum Gasteiger partial charge on any atom is 0.435 e. The highest BCUT2D eigenvalue weighted by atomic mass is 19.4. The van der Waals surface area contributed by atoms with Crippen molar-refractivity contribution in [3.05, 3.63) is 47.8 Å². The van der Waals surface area contributed by atoms with E-state index in [0.29, 0.717) is 11.3 Å². The van der Waals surface area contributed by atoms with Crippen LogP contribution in [0.4, 0.5) is 18.9 Å². The normalized spacial score (nSPS) is 13.6. The molecule has 1 heterocycles. The van der Waals surface area contributed by atoms with Crippen LogP contribution in [0.1, 0.15) is 28.9 Å². The van der Waals surface area contributed by atoms with Crippen LogP contribution in [-0.4, -0.2) is 40.2 Å². The lowest BCUT2D eigenvalue weighted by molar-refractivity contribution is -0.148. The summed E-state index contributed by atoms with van der Waals surface area (Å²) in [5, 5.41) is 8.53. The molecule has 1 fully saturated rings. The largest absolute Gasteiger partial charge is 0.454 e. The molecule has 0 unspecified atom stereocenters. The Morgan fingerprint density at radius 3 is 2.62 bits per heavy atom. The van der Waals surface area contributed by atoms with Gasteiger partial charge in [0.25, 0.3) is 11.8 Å². The number of carbonyl (C=O) groups excluding carboxylic acids is 3. The molecule has 2 amide bonds. The van der Waals surface area contributed by atoms with Gasteiger partial charge in [-0.25, -0.2) is 0 Å². The Hall–Kier alpha value is -3.37. The monoisotopic (exact) mass is 410 g/mol. The van der Waals surface area contributed by atoms with Crippen LogP contribution in [0.25, 0.3) is 0 Å². The summed E-state index contributed by atoms with van der Waals surface area (Å²) in [6.07, 6.45) is -1.73. The number of hydrogen-bond acceptors (Lipinski definition) is 5.